The Hall–Kier alpha value is -2.18. The first kappa shape index (κ1) is 13.9. The molecule has 1 unspecified atom stereocenters. The van der Waals surface area contributed by atoms with Crippen LogP contribution >= 0.6 is 0 Å². The monoisotopic (exact) mass is 256 g/mol. The number of rotatable bonds is 5. The van der Waals surface area contributed by atoms with Crippen LogP contribution < -0.4 is 5.32 Å². The zero-order valence-corrected chi connectivity index (χ0v) is 9.94. The molecular weight excluding hydrogens is 243 g/mol. The van der Waals surface area contributed by atoms with Gasteiger partial charge in [-0.15, -0.1) is 0 Å². The first-order chi connectivity index (χ1) is 8.30. The third kappa shape index (κ3) is 2.73. The minimum absolute atomic E-state index is 0.0765. The molecule has 18 heavy (non-hydrogen) atoms. The Kier molecular flexibility index (Phi) is 3.85. The molecule has 0 saturated heterocycles. The molecular formula is C11H13FN2O4. The van der Waals surface area contributed by atoms with Gasteiger partial charge < -0.3 is 10.4 Å². The standard InChI is InChI=1S/C11H13FN2O4/c1-3-11(2,10(15)16)13-9-5-4-7(14(17)18)6-8(9)12/h4-6,13H,3H2,1-2H3,(H,15,16). The van der Waals surface area contributed by atoms with E-state index >= 15 is 0 Å². The highest BCUT2D eigenvalue weighted by Crippen LogP contribution is 2.25. The molecule has 0 fully saturated rings. The number of carboxylic acid groups (broad SMARTS) is 1. The maximum Gasteiger partial charge on any atom is 0.329 e. The van der Waals surface area contributed by atoms with Gasteiger partial charge in [-0.2, -0.15) is 0 Å². The number of benzene rings is 1. The van der Waals surface area contributed by atoms with Crippen LogP contribution in [0.5, 0.6) is 0 Å². The van der Waals surface area contributed by atoms with Crippen LogP contribution in [0.3, 0.4) is 0 Å². The van der Waals surface area contributed by atoms with Crippen molar-refractivity contribution in [3.8, 4) is 0 Å². The SMILES string of the molecule is CCC(C)(Nc1ccc([N+](=O)[O-])cc1F)C(=O)O. The van der Waals surface area contributed by atoms with Crippen molar-refractivity contribution >= 4 is 17.3 Å². The number of nitrogens with one attached hydrogen (secondary N) is 1. The quantitative estimate of drug-likeness (QED) is 0.623. The predicted molar refractivity (Wildman–Crippen MR) is 63.0 cm³/mol. The van der Waals surface area contributed by atoms with E-state index in [-0.39, 0.29) is 17.8 Å². The van der Waals surface area contributed by atoms with E-state index in [1.807, 2.05) is 0 Å². The van der Waals surface area contributed by atoms with Gasteiger partial charge in [0, 0.05) is 6.07 Å². The molecule has 6 nitrogen and oxygen atoms in total. The first-order valence-corrected chi connectivity index (χ1v) is 5.25. The van der Waals surface area contributed by atoms with Crippen LogP contribution in [0, 0.1) is 15.9 Å². The molecule has 0 aliphatic rings. The van der Waals surface area contributed by atoms with Crippen LogP contribution in [0.25, 0.3) is 0 Å². The lowest BCUT2D eigenvalue weighted by atomic mass is 9.98. The molecule has 0 amide bonds. The fourth-order valence-corrected chi connectivity index (χ4v) is 1.31. The summed E-state index contributed by atoms with van der Waals surface area (Å²) in [5.41, 5.74) is -1.78. The van der Waals surface area contributed by atoms with Crippen molar-refractivity contribution in [3.05, 3.63) is 34.1 Å². The number of carboxylic acids is 1. The zero-order valence-electron chi connectivity index (χ0n) is 9.94. The minimum atomic E-state index is -1.32. The normalized spacial score (nSPS) is 13.7. The van der Waals surface area contributed by atoms with Gasteiger partial charge in [-0.3, -0.25) is 10.1 Å². The Bertz CT molecular complexity index is 492. The van der Waals surface area contributed by atoms with Crippen LogP contribution in [0.2, 0.25) is 0 Å². The fraction of sp³-hybridized carbons (Fsp3) is 0.364. The third-order valence-electron chi connectivity index (χ3n) is 2.75. The van der Waals surface area contributed by atoms with Crippen molar-refractivity contribution in [1.29, 1.82) is 0 Å². The summed E-state index contributed by atoms with van der Waals surface area (Å²) in [6, 6.07) is 3.02. The molecule has 0 aromatic heterocycles. The van der Waals surface area contributed by atoms with E-state index in [0.717, 1.165) is 18.2 Å². The highest BCUT2D eigenvalue weighted by atomic mass is 19.1. The molecule has 1 rings (SSSR count). The van der Waals surface area contributed by atoms with E-state index in [1.165, 1.54) is 6.92 Å². The lowest BCUT2D eigenvalue weighted by molar-refractivity contribution is -0.385. The van der Waals surface area contributed by atoms with Gasteiger partial charge in [0.05, 0.1) is 16.7 Å². The number of non-ortho nitro benzene ring substituents is 1. The molecule has 0 heterocycles. The highest BCUT2D eigenvalue weighted by molar-refractivity contribution is 5.82. The van der Waals surface area contributed by atoms with Crippen LogP contribution in [-0.4, -0.2) is 21.5 Å². The molecule has 0 radical (unpaired) electrons. The average Bonchev–Trinajstić information content (AvgIpc) is 2.31. The number of nitro benzene ring substituents is 1. The van der Waals surface area contributed by atoms with E-state index in [2.05, 4.69) is 5.32 Å². The number of nitrogens with zero attached hydrogens (tertiary/aromatic N) is 1. The molecule has 0 spiro atoms. The average molecular weight is 256 g/mol. The van der Waals surface area contributed by atoms with Crippen LogP contribution in [-0.2, 0) is 4.79 Å². The Morgan fingerprint density at radius 2 is 2.22 bits per heavy atom. The van der Waals surface area contributed by atoms with Crippen molar-refractivity contribution in [2.45, 2.75) is 25.8 Å². The Morgan fingerprint density at radius 1 is 1.61 bits per heavy atom. The van der Waals surface area contributed by atoms with Crippen molar-refractivity contribution in [2.75, 3.05) is 5.32 Å². The molecule has 1 atom stereocenters. The van der Waals surface area contributed by atoms with Gasteiger partial charge in [-0.05, 0) is 19.4 Å². The summed E-state index contributed by atoms with van der Waals surface area (Å²) in [6.45, 7) is 3.06. The van der Waals surface area contributed by atoms with Crippen LogP contribution in [0.15, 0.2) is 18.2 Å². The van der Waals surface area contributed by atoms with Gasteiger partial charge in [-0.25, -0.2) is 9.18 Å². The second-order valence-corrected chi connectivity index (χ2v) is 4.04. The summed E-state index contributed by atoms with van der Waals surface area (Å²) in [7, 11) is 0. The van der Waals surface area contributed by atoms with Crippen molar-refractivity contribution in [1.82, 2.24) is 0 Å². The van der Waals surface area contributed by atoms with E-state index < -0.39 is 22.2 Å². The Balaban J connectivity index is 3.05. The largest absolute Gasteiger partial charge is 0.480 e. The van der Waals surface area contributed by atoms with Crippen molar-refractivity contribution in [3.63, 3.8) is 0 Å². The van der Waals surface area contributed by atoms with Crippen molar-refractivity contribution < 1.29 is 19.2 Å². The highest BCUT2D eigenvalue weighted by Gasteiger charge is 2.31. The van der Waals surface area contributed by atoms with Crippen LogP contribution in [0.4, 0.5) is 15.8 Å². The number of hydrogen-bond donors (Lipinski definition) is 2. The zero-order chi connectivity index (χ0) is 13.9. The van der Waals surface area contributed by atoms with Gasteiger partial charge in [0.15, 0.2) is 5.82 Å². The maximum absolute atomic E-state index is 13.6. The number of aliphatic carboxylic acids is 1. The number of anilines is 1. The van der Waals surface area contributed by atoms with Gasteiger partial charge >= 0.3 is 5.97 Å². The van der Waals surface area contributed by atoms with Crippen LogP contribution in [0.1, 0.15) is 20.3 Å². The second kappa shape index (κ2) is 4.99. The van der Waals surface area contributed by atoms with Gasteiger partial charge in [0.2, 0.25) is 0 Å². The number of hydrogen-bond acceptors (Lipinski definition) is 4. The second-order valence-electron chi connectivity index (χ2n) is 4.04. The molecule has 98 valence electrons. The summed E-state index contributed by atoms with van der Waals surface area (Å²) in [6.07, 6.45) is 0.235. The van der Waals surface area contributed by atoms with E-state index in [1.54, 1.807) is 6.92 Å². The summed E-state index contributed by atoms with van der Waals surface area (Å²) in [4.78, 5) is 20.8. The van der Waals surface area contributed by atoms with Gasteiger partial charge in [0.25, 0.3) is 5.69 Å². The summed E-state index contributed by atoms with van der Waals surface area (Å²) in [5, 5.41) is 22.0. The summed E-state index contributed by atoms with van der Waals surface area (Å²) >= 11 is 0. The molecule has 1 aromatic carbocycles. The van der Waals surface area contributed by atoms with E-state index in [9.17, 15) is 19.3 Å². The third-order valence-corrected chi connectivity index (χ3v) is 2.75. The van der Waals surface area contributed by atoms with Gasteiger partial charge in [0.1, 0.15) is 5.54 Å². The number of nitro groups is 1. The first-order valence-electron chi connectivity index (χ1n) is 5.25. The molecule has 1 aromatic rings. The molecule has 2 N–H and O–H groups in total. The predicted octanol–water partition coefficient (Wildman–Crippen LogP) is 2.40. The Morgan fingerprint density at radius 3 is 2.61 bits per heavy atom. The molecule has 0 bridgehead atoms. The topological polar surface area (TPSA) is 92.5 Å². The minimum Gasteiger partial charge on any atom is -0.480 e. The maximum atomic E-state index is 13.6. The lowest BCUT2D eigenvalue weighted by Gasteiger charge is -2.26. The molecule has 0 saturated carbocycles. The molecule has 7 heteroatoms. The number of halogens is 1. The summed E-state index contributed by atoms with van der Waals surface area (Å²) in [5.74, 6) is -1.98. The lowest BCUT2D eigenvalue weighted by Crippen LogP contribution is -2.42. The van der Waals surface area contributed by atoms with E-state index in [4.69, 9.17) is 5.11 Å². The summed E-state index contributed by atoms with van der Waals surface area (Å²) < 4.78 is 13.6. The Labute approximate surface area is 103 Å². The molecule has 0 aliphatic heterocycles. The smallest absolute Gasteiger partial charge is 0.329 e. The fourth-order valence-electron chi connectivity index (χ4n) is 1.31. The van der Waals surface area contributed by atoms with Gasteiger partial charge in [-0.1, -0.05) is 6.92 Å². The van der Waals surface area contributed by atoms with E-state index in [0.29, 0.717) is 0 Å². The molecule has 0 aliphatic carbocycles. The van der Waals surface area contributed by atoms with Crippen molar-refractivity contribution in [2.24, 2.45) is 0 Å². The number of carbonyl (C=O) groups is 1.